The summed E-state index contributed by atoms with van der Waals surface area (Å²) < 4.78 is 10.2. The molecule has 0 aromatic carbocycles. The van der Waals surface area contributed by atoms with E-state index in [4.69, 9.17) is 9.52 Å². The van der Waals surface area contributed by atoms with Crippen molar-refractivity contribution in [1.29, 1.82) is 0 Å². The molecule has 0 spiro atoms. The summed E-state index contributed by atoms with van der Waals surface area (Å²) in [5.74, 6) is -0.910. The van der Waals surface area contributed by atoms with Gasteiger partial charge >= 0.3 is 12.1 Å². The third-order valence-corrected chi connectivity index (χ3v) is 2.34. The maximum absolute atomic E-state index is 11.3. The number of anilines is 1. The van der Waals surface area contributed by atoms with E-state index in [0.29, 0.717) is 4.67 Å². The highest BCUT2D eigenvalue weighted by atomic mass is 79.9. The molecule has 1 aromatic heterocycles. The summed E-state index contributed by atoms with van der Waals surface area (Å²) in [6, 6.07) is 3.16. The number of aliphatic carboxylic acids is 1. The van der Waals surface area contributed by atoms with Gasteiger partial charge in [-0.15, -0.1) is 0 Å². The van der Waals surface area contributed by atoms with Gasteiger partial charge < -0.3 is 14.3 Å². The number of nitrogens with zero attached hydrogens (tertiary/aromatic N) is 1. The Morgan fingerprint density at radius 1 is 1.60 bits per heavy atom. The molecule has 1 N–H and O–H groups in total. The molecular weight excluding hydrogens is 270 g/mol. The number of carboxylic acid groups (broad SMARTS) is 1. The number of hydrogen-bond donors (Lipinski definition) is 1. The van der Waals surface area contributed by atoms with Crippen LogP contribution in [0.5, 0.6) is 0 Å². The Morgan fingerprint density at radius 3 is 2.80 bits per heavy atom. The molecule has 6 nitrogen and oxygen atoms in total. The summed E-state index contributed by atoms with van der Waals surface area (Å²) in [6.07, 6.45) is -1.86. The van der Waals surface area contributed by atoms with Gasteiger partial charge in [0.05, 0.1) is 6.54 Å². The Bertz CT molecular complexity index is 415. The van der Waals surface area contributed by atoms with Gasteiger partial charge in [0.25, 0.3) is 0 Å². The third-order valence-electron chi connectivity index (χ3n) is 1.91. The topological polar surface area (TPSA) is 80.0 Å². The van der Waals surface area contributed by atoms with Gasteiger partial charge in [0.2, 0.25) is 12.0 Å². The summed E-state index contributed by atoms with van der Waals surface area (Å²) in [6.45, 7) is -0.0475. The zero-order valence-corrected chi connectivity index (χ0v) is 8.93. The molecule has 0 unspecified atom stereocenters. The summed E-state index contributed by atoms with van der Waals surface area (Å²) in [5.41, 5.74) is 0. The van der Waals surface area contributed by atoms with E-state index in [9.17, 15) is 9.59 Å². The van der Waals surface area contributed by atoms with Crippen LogP contribution >= 0.6 is 15.9 Å². The lowest BCUT2D eigenvalue weighted by atomic mass is 10.3. The molecule has 2 rings (SSSR count). The standard InChI is InChI=1S/C8H6BrNO5/c9-5-1-2-6(15-5)10-3-4(7(11)12)14-8(10)13/h1-2,4H,3H2,(H,11,12)/t4-/m1/s1. The van der Waals surface area contributed by atoms with Crippen molar-refractivity contribution in [3.8, 4) is 0 Å². The lowest BCUT2D eigenvalue weighted by Crippen LogP contribution is -2.27. The quantitative estimate of drug-likeness (QED) is 0.884. The van der Waals surface area contributed by atoms with Crippen LogP contribution in [0, 0.1) is 0 Å². The molecule has 80 valence electrons. The van der Waals surface area contributed by atoms with Gasteiger partial charge in [-0.1, -0.05) is 0 Å². The number of carbonyl (C=O) groups is 2. The first-order chi connectivity index (χ1) is 7.08. The molecule has 1 aliphatic rings. The van der Waals surface area contributed by atoms with E-state index in [2.05, 4.69) is 20.7 Å². The van der Waals surface area contributed by atoms with Crippen molar-refractivity contribution in [3.63, 3.8) is 0 Å². The smallest absolute Gasteiger partial charge is 0.417 e. The molecule has 1 atom stereocenters. The van der Waals surface area contributed by atoms with Crippen molar-refractivity contribution >= 4 is 33.9 Å². The second-order valence-electron chi connectivity index (χ2n) is 2.90. The highest BCUT2D eigenvalue weighted by Crippen LogP contribution is 2.26. The predicted octanol–water partition coefficient (Wildman–Crippen LogP) is 1.45. The normalized spacial score (nSPS) is 20.5. The predicted molar refractivity (Wildman–Crippen MR) is 51.7 cm³/mol. The van der Waals surface area contributed by atoms with Crippen molar-refractivity contribution < 1.29 is 23.8 Å². The van der Waals surface area contributed by atoms with E-state index in [0.717, 1.165) is 4.90 Å². The minimum Gasteiger partial charge on any atom is -0.478 e. The van der Waals surface area contributed by atoms with Crippen molar-refractivity contribution in [1.82, 2.24) is 0 Å². The van der Waals surface area contributed by atoms with Crippen LogP contribution in [0.25, 0.3) is 0 Å². The molecule has 7 heteroatoms. The van der Waals surface area contributed by atoms with Crippen LogP contribution in [0.3, 0.4) is 0 Å². The van der Waals surface area contributed by atoms with Gasteiger partial charge in [-0.2, -0.15) is 0 Å². The first-order valence-corrected chi connectivity index (χ1v) is 4.83. The number of carboxylic acids is 1. The summed E-state index contributed by atoms with van der Waals surface area (Å²) >= 11 is 3.08. The van der Waals surface area contributed by atoms with E-state index in [1.165, 1.54) is 0 Å². The summed E-state index contributed by atoms with van der Waals surface area (Å²) in [7, 11) is 0. The zero-order chi connectivity index (χ0) is 11.0. The van der Waals surface area contributed by atoms with Gasteiger partial charge in [-0.05, 0) is 22.0 Å². The van der Waals surface area contributed by atoms with Crippen LogP contribution in [0.2, 0.25) is 0 Å². The van der Waals surface area contributed by atoms with Crippen molar-refractivity contribution in [2.75, 3.05) is 11.4 Å². The van der Waals surface area contributed by atoms with Crippen LogP contribution in [0.4, 0.5) is 10.7 Å². The van der Waals surface area contributed by atoms with Crippen LogP contribution in [0.15, 0.2) is 21.2 Å². The van der Waals surface area contributed by atoms with E-state index < -0.39 is 18.2 Å². The van der Waals surface area contributed by atoms with Crippen molar-refractivity contribution in [2.45, 2.75) is 6.10 Å². The lowest BCUT2D eigenvalue weighted by molar-refractivity contribution is -0.144. The van der Waals surface area contributed by atoms with E-state index in [-0.39, 0.29) is 12.4 Å². The van der Waals surface area contributed by atoms with E-state index >= 15 is 0 Å². The van der Waals surface area contributed by atoms with E-state index in [1.807, 2.05) is 0 Å². The lowest BCUT2D eigenvalue weighted by Gasteiger charge is -2.06. The maximum Gasteiger partial charge on any atom is 0.417 e. The molecule has 1 saturated heterocycles. The Balaban J connectivity index is 2.18. The third kappa shape index (κ3) is 1.82. The number of furan rings is 1. The van der Waals surface area contributed by atoms with Gasteiger partial charge in [0, 0.05) is 6.07 Å². The van der Waals surface area contributed by atoms with Gasteiger partial charge in [0.15, 0.2) is 4.67 Å². The van der Waals surface area contributed by atoms with Crippen LogP contribution in [-0.2, 0) is 9.53 Å². The van der Waals surface area contributed by atoms with Gasteiger partial charge in [-0.3, -0.25) is 0 Å². The van der Waals surface area contributed by atoms with Gasteiger partial charge in [0.1, 0.15) is 0 Å². The van der Waals surface area contributed by atoms with Gasteiger partial charge in [-0.25, -0.2) is 14.5 Å². The first kappa shape index (κ1) is 10.0. The first-order valence-electron chi connectivity index (χ1n) is 4.04. The number of ether oxygens (including phenoxy) is 1. The largest absolute Gasteiger partial charge is 0.478 e. The molecule has 0 aliphatic carbocycles. The molecule has 0 bridgehead atoms. The molecule has 1 amide bonds. The molecular formula is C8H6BrNO5. The molecule has 1 aromatic rings. The SMILES string of the molecule is O=C(O)[C@H]1CN(c2ccc(Br)o2)C(=O)O1. The number of halogens is 1. The van der Waals surface area contributed by atoms with Crippen LogP contribution in [0.1, 0.15) is 0 Å². The number of amides is 1. The maximum atomic E-state index is 11.3. The second-order valence-corrected chi connectivity index (χ2v) is 3.68. The molecule has 15 heavy (non-hydrogen) atoms. The molecule has 0 radical (unpaired) electrons. The average Bonchev–Trinajstić information content (AvgIpc) is 2.71. The van der Waals surface area contributed by atoms with E-state index in [1.54, 1.807) is 12.1 Å². The fourth-order valence-corrected chi connectivity index (χ4v) is 1.52. The fraction of sp³-hybridized carbons (Fsp3) is 0.250. The summed E-state index contributed by atoms with van der Waals surface area (Å²) in [5, 5.41) is 8.66. The van der Waals surface area contributed by atoms with Crippen molar-refractivity contribution in [2.24, 2.45) is 0 Å². The minimum absolute atomic E-state index is 0.0475. The zero-order valence-electron chi connectivity index (χ0n) is 7.34. The summed E-state index contributed by atoms with van der Waals surface area (Å²) in [4.78, 5) is 23.0. The second kappa shape index (κ2) is 3.58. The number of rotatable bonds is 2. The monoisotopic (exact) mass is 275 g/mol. The molecule has 2 heterocycles. The molecule has 0 saturated carbocycles. The van der Waals surface area contributed by atoms with Crippen molar-refractivity contribution in [3.05, 3.63) is 16.8 Å². The van der Waals surface area contributed by atoms with Crippen LogP contribution in [-0.4, -0.2) is 29.8 Å². The Morgan fingerprint density at radius 2 is 2.33 bits per heavy atom. The van der Waals surface area contributed by atoms with Crippen LogP contribution < -0.4 is 4.90 Å². The molecule has 1 fully saturated rings. The number of hydrogen-bond acceptors (Lipinski definition) is 4. The average molecular weight is 276 g/mol. The Labute approximate surface area is 92.5 Å². The molecule has 1 aliphatic heterocycles. The number of cyclic esters (lactones) is 1. The highest BCUT2D eigenvalue weighted by molar-refractivity contribution is 9.10. The Hall–Kier alpha value is -1.50. The highest BCUT2D eigenvalue weighted by Gasteiger charge is 2.38. The number of carbonyl (C=O) groups excluding carboxylic acids is 1. The fourth-order valence-electron chi connectivity index (χ4n) is 1.22. The Kier molecular flexibility index (Phi) is 2.39. The minimum atomic E-state index is -1.17.